The third kappa shape index (κ3) is 3.77. The average molecular weight is 442 g/mol. The fourth-order valence-corrected chi connectivity index (χ4v) is 4.20. The molecule has 1 aliphatic rings. The molecule has 0 atom stereocenters. The van der Waals surface area contributed by atoms with E-state index in [1.165, 1.54) is 5.56 Å². The van der Waals surface area contributed by atoms with Gasteiger partial charge in [0, 0.05) is 30.4 Å². The van der Waals surface area contributed by atoms with Crippen molar-refractivity contribution >= 4 is 33.4 Å². The minimum Gasteiger partial charge on any atom is -0.458 e. The van der Waals surface area contributed by atoms with Gasteiger partial charge in [-0.3, -0.25) is 14.8 Å². The van der Waals surface area contributed by atoms with E-state index in [1.807, 2.05) is 30.3 Å². The molecule has 2 aromatic carbocycles. The van der Waals surface area contributed by atoms with Crippen LogP contribution in [0.2, 0.25) is 0 Å². The van der Waals surface area contributed by atoms with Gasteiger partial charge < -0.3 is 19.5 Å². The molecular weight excluding hydrogens is 420 g/mol. The lowest BCUT2D eigenvalue weighted by molar-refractivity contribution is 0.0342. The van der Waals surface area contributed by atoms with Crippen LogP contribution >= 0.6 is 0 Å². The number of aromatic amines is 2. The van der Waals surface area contributed by atoms with Crippen molar-refractivity contribution in [3.63, 3.8) is 0 Å². The second-order valence-corrected chi connectivity index (χ2v) is 8.09. The van der Waals surface area contributed by atoms with Gasteiger partial charge in [0.2, 0.25) is 0 Å². The molecule has 3 N–H and O–H groups in total. The van der Waals surface area contributed by atoms with Crippen LogP contribution in [0.15, 0.2) is 59.3 Å². The molecule has 6 rings (SSSR count). The molecule has 9 heteroatoms. The highest BCUT2D eigenvalue weighted by Crippen LogP contribution is 2.28. The van der Waals surface area contributed by atoms with Crippen molar-refractivity contribution in [1.29, 1.82) is 0 Å². The van der Waals surface area contributed by atoms with E-state index in [2.05, 4.69) is 42.5 Å². The summed E-state index contributed by atoms with van der Waals surface area (Å²) in [7, 11) is 0. The number of H-pyrrole nitrogens is 2. The molecule has 0 spiro atoms. The first kappa shape index (κ1) is 19.7. The van der Waals surface area contributed by atoms with E-state index >= 15 is 0 Å². The van der Waals surface area contributed by atoms with Gasteiger partial charge in [-0.2, -0.15) is 5.10 Å². The third-order valence-electron chi connectivity index (χ3n) is 5.90. The Balaban J connectivity index is 1.25. The van der Waals surface area contributed by atoms with Crippen LogP contribution in [0, 0.1) is 0 Å². The molecule has 4 heterocycles. The maximum atomic E-state index is 12.9. The summed E-state index contributed by atoms with van der Waals surface area (Å²) in [6, 6.07) is 13.8. The van der Waals surface area contributed by atoms with Crippen molar-refractivity contribution in [2.75, 3.05) is 31.6 Å². The van der Waals surface area contributed by atoms with Crippen LogP contribution in [0.1, 0.15) is 16.1 Å². The van der Waals surface area contributed by atoms with Crippen LogP contribution in [-0.2, 0) is 11.3 Å². The highest BCUT2D eigenvalue weighted by Gasteiger charge is 2.19. The van der Waals surface area contributed by atoms with Crippen molar-refractivity contribution in [3.8, 4) is 11.5 Å². The Bertz CT molecular complexity index is 1440. The summed E-state index contributed by atoms with van der Waals surface area (Å²) >= 11 is 0. The highest BCUT2D eigenvalue weighted by atomic mass is 16.5. The largest absolute Gasteiger partial charge is 0.458 e. The zero-order chi connectivity index (χ0) is 22.2. The van der Waals surface area contributed by atoms with Crippen molar-refractivity contribution in [3.05, 3.63) is 66.2 Å². The number of aromatic nitrogens is 4. The average Bonchev–Trinajstić information content (AvgIpc) is 3.57. The fourth-order valence-electron chi connectivity index (χ4n) is 4.20. The van der Waals surface area contributed by atoms with Gasteiger partial charge in [0.25, 0.3) is 5.91 Å². The third-order valence-corrected chi connectivity index (χ3v) is 5.90. The molecule has 1 saturated heterocycles. The summed E-state index contributed by atoms with van der Waals surface area (Å²) in [5, 5.41) is 11.6. The molecule has 1 aliphatic heterocycles. The van der Waals surface area contributed by atoms with Gasteiger partial charge >= 0.3 is 0 Å². The van der Waals surface area contributed by atoms with Gasteiger partial charge in [-0.15, -0.1) is 0 Å². The predicted molar refractivity (Wildman–Crippen MR) is 124 cm³/mol. The first-order valence-corrected chi connectivity index (χ1v) is 10.8. The van der Waals surface area contributed by atoms with Crippen LogP contribution in [-0.4, -0.2) is 57.3 Å². The normalized spacial score (nSPS) is 14.8. The number of rotatable bonds is 5. The zero-order valence-corrected chi connectivity index (χ0v) is 17.8. The molecule has 0 bridgehead atoms. The quantitative estimate of drug-likeness (QED) is 0.382. The minimum atomic E-state index is -0.345. The number of ether oxygens (including phenoxy) is 1. The van der Waals surface area contributed by atoms with Crippen LogP contribution in [0.5, 0.6) is 0 Å². The van der Waals surface area contributed by atoms with Crippen molar-refractivity contribution in [2.45, 2.75) is 6.54 Å². The van der Waals surface area contributed by atoms with Crippen molar-refractivity contribution in [1.82, 2.24) is 25.1 Å². The summed E-state index contributed by atoms with van der Waals surface area (Å²) < 4.78 is 10.9. The van der Waals surface area contributed by atoms with Crippen LogP contribution < -0.4 is 5.32 Å². The predicted octanol–water partition coefficient (Wildman–Crippen LogP) is 3.78. The molecule has 0 radical (unpaired) electrons. The Morgan fingerprint density at radius 3 is 2.94 bits per heavy atom. The van der Waals surface area contributed by atoms with Gasteiger partial charge in [0.1, 0.15) is 5.69 Å². The monoisotopic (exact) mass is 442 g/mol. The Labute approximate surface area is 188 Å². The van der Waals surface area contributed by atoms with Crippen LogP contribution in [0.4, 0.5) is 5.69 Å². The Hall–Kier alpha value is -3.95. The lowest BCUT2D eigenvalue weighted by Crippen LogP contribution is -2.35. The second-order valence-electron chi connectivity index (χ2n) is 8.09. The number of anilines is 1. The molecule has 166 valence electrons. The minimum absolute atomic E-state index is 0.259. The van der Waals surface area contributed by atoms with E-state index in [4.69, 9.17) is 9.15 Å². The molecule has 1 amide bonds. The summed E-state index contributed by atoms with van der Waals surface area (Å²) in [6.45, 7) is 4.30. The van der Waals surface area contributed by atoms with Gasteiger partial charge in [-0.25, -0.2) is 4.98 Å². The first-order chi connectivity index (χ1) is 16.2. The Morgan fingerprint density at radius 2 is 2.03 bits per heavy atom. The lowest BCUT2D eigenvalue weighted by Gasteiger charge is -2.26. The smallest absolute Gasteiger partial charge is 0.292 e. The molecule has 9 nitrogen and oxygen atoms in total. The number of imidazole rings is 1. The number of carbonyl (C=O) groups is 1. The maximum absolute atomic E-state index is 12.9. The number of benzene rings is 2. The van der Waals surface area contributed by atoms with Gasteiger partial charge in [0.05, 0.1) is 42.4 Å². The summed E-state index contributed by atoms with van der Waals surface area (Å²) in [6.07, 6.45) is 3.14. The van der Waals surface area contributed by atoms with E-state index in [1.54, 1.807) is 12.5 Å². The number of nitrogens with one attached hydrogen (secondary N) is 3. The molecule has 1 fully saturated rings. The molecule has 0 aliphatic carbocycles. The molecule has 5 aromatic rings. The number of hydrogen-bond donors (Lipinski definition) is 3. The molecule has 3 aromatic heterocycles. The van der Waals surface area contributed by atoms with Gasteiger partial charge in [0.15, 0.2) is 11.6 Å². The van der Waals surface area contributed by atoms with Crippen molar-refractivity contribution in [2.24, 2.45) is 0 Å². The number of amides is 1. The van der Waals surface area contributed by atoms with Crippen LogP contribution in [0.3, 0.4) is 0 Å². The van der Waals surface area contributed by atoms with Crippen LogP contribution in [0.25, 0.3) is 33.3 Å². The molecule has 33 heavy (non-hydrogen) atoms. The van der Waals surface area contributed by atoms with E-state index in [0.717, 1.165) is 54.7 Å². The number of hydrogen-bond acceptors (Lipinski definition) is 6. The molecule has 0 saturated carbocycles. The number of fused-ring (bicyclic) bond motifs is 2. The lowest BCUT2D eigenvalue weighted by atomic mass is 10.2. The Morgan fingerprint density at radius 1 is 1.15 bits per heavy atom. The maximum Gasteiger partial charge on any atom is 0.292 e. The first-order valence-electron chi connectivity index (χ1n) is 10.8. The second kappa shape index (κ2) is 8.19. The topological polar surface area (TPSA) is 112 Å². The molecular formula is C24H22N6O3. The zero-order valence-electron chi connectivity index (χ0n) is 17.8. The number of carbonyl (C=O) groups excluding carboxylic acids is 1. The van der Waals surface area contributed by atoms with Gasteiger partial charge in [-0.05, 0) is 17.7 Å². The Kier molecular flexibility index (Phi) is 4.89. The van der Waals surface area contributed by atoms with E-state index < -0.39 is 0 Å². The van der Waals surface area contributed by atoms with Gasteiger partial charge in [-0.1, -0.05) is 30.3 Å². The van der Waals surface area contributed by atoms with E-state index in [-0.39, 0.29) is 11.7 Å². The van der Waals surface area contributed by atoms with Crippen molar-refractivity contribution < 1.29 is 13.9 Å². The summed E-state index contributed by atoms with van der Waals surface area (Å²) in [5.41, 5.74) is 4.11. The SMILES string of the molecule is O=C(Nc1cn[nH]c1-c1nc2ccc(CN3CCOCC3)cc2[nH]1)c1occ2ccccc12. The summed E-state index contributed by atoms with van der Waals surface area (Å²) in [5.74, 6) is 0.517. The standard InChI is InChI=1S/C24H22N6O3/c31-24(22-17-4-2-1-3-16(17)14-33-22)28-20-12-25-29-21(20)23-26-18-6-5-15(11-19(18)27-23)13-30-7-9-32-10-8-30/h1-6,11-12,14H,7-10,13H2,(H,25,29)(H,26,27)(H,28,31). The number of morpholine rings is 1. The molecule has 0 unspecified atom stereocenters. The fraction of sp³-hybridized carbons (Fsp3) is 0.208. The van der Waals surface area contributed by atoms with E-state index in [9.17, 15) is 4.79 Å². The van der Waals surface area contributed by atoms with E-state index in [0.29, 0.717) is 17.2 Å². The number of furan rings is 1. The summed E-state index contributed by atoms with van der Waals surface area (Å²) in [4.78, 5) is 23.3. The number of nitrogens with zero attached hydrogens (tertiary/aromatic N) is 3. The highest BCUT2D eigenvalue weighted by molar-refractivity contribution is 6.11.